The lowest BCUT2D eigenvalue weighted by molar-refractivity contribution is 0.340. The molecule has 0 N–H and O–H groups in total. The van der Waals surface area contributed by atoms with Crippen LogP contribution >= 0.6 is 23.1 Å². The Bertz CT molecular complexity index is 1060. The maximum Gasteiger partial charge on any atom is 0.191 e. The van der Waals surface area contributed by atoms with Gasteiger partial charge in [-0.05, 0) is 38.1 Å². The first-order valence-corrected chi connectivity index (χ1v) is 11.4. The van der Waals surface area contributed by atoms with Gasteiger partial charge in [0.25, 0.3) is 0 Å². The van der Waals surface area contributed by atoms with Crippen molar-refractivity contribution in [2.45, 2.75) is 31.3 Å². The van der Waals surface area contributed by atoms with Crippen molar-refractivity contribution < 1.29 is 4.74 Å². The number of thiazole rings is 1. The molecule has 148 valence electrons. The fourth-order valence-electron chi connectivity index (χ4n) is 2.99. The Morgan fingerprint density at radius 1 is 0.966 bits per heavy atom. The molecule has 29 heavy (non-hydrogen) atoms. The van der Waals surface area contributed by atoms with E-state index in [1.165, 1.54) is 0 Å². The molecule has 0 unspecified atom stereocenters. The Balaban J connectivity index is 1.46. The molecule has 7 heteroatoms. The van der Waals surface area contributed by atoms with Gasteiger partial charge in [-0.25, -0.2) is 4.98 Å². The Kier molecular flexibility index (Phi) is 6.27. The van der Waals surface area contributed by atoms with Gasteiger partial charge in [-0.3, -0.25) is 0 Å². The quantitative estimate of drug-likeness (QED) is 0.337. The first kappa shape index (κ1) is 19.7. The maximum atomic E-state index is 5.51. The van der Waals surface area contributed by atoms with Crippen molar-refractivity contribution in [3.63, 3.8) is 0 Å². The molecule has 0 aliphatic carbocycles. The third-order valence-electron chi connectivity index (χ3n) is 4.38. The summed E-state index contributed by atoms with van der Waals surface area (Å²) in [6, 6.07) is 18.3. The summed E-state index contributed by atoms with van der Waals surface area (Å²) in [6.07, 6.45) is 0. The van der Waals surface area contributed by atoms with Crippen LogP contribution in [-0.2, 0) is 12.3 Å². The molecule has 0 saturated carbocycles. The highest BCUT2D eigenvalue weighted by Crippen LogP contribution is 2.30. The van der Waals surface area contributed by atoms with Crippen molar-refractivity contribution in [3.05, 3.63) is 65.7 Å². The van der Waals surface area contributed by atoms with E-state index in [1.54, 1.807) is 23.1 Å². The van der Waals surface area contributed by atoms with Crippen LogP contribution in [0.3, 0.4) is 0 Å². The maximum absolute atomic E-state index is 5.51. The molecule has 2 heterocycles. The number of benzene rings is 2. The molecule has 0 aliphatic rings. The highest BCUT2D eigenvalue weighted by atomic mass is 32.2. The van der Waals surface area contributed by atoms with E-state index in [2.05, 4.69) is 51.3 Å². The van der Waals surface area contributed by atoms with Gasteiger partial charge in [0.2, 0.25) is 0 Å². The average Bonchev–Trinajstić information content (AvgIpc) is 3.40. The SMILES string of the molecule is CCOc1ccc(-c2nc(CSc3nnc(-c4ccccc4)n3CC)cs2)cc1. The normalized spacial score (nSPS) is 11.0. The van der Waals surface area contributed by atoms with Crippen LogP contribution in [0.2, 0.25) is 0 Å². The summed E-state index contributed by atoms with van der Waals surface area (Å²) in [7, 11) is 0. The van der Waals surface area contributed by atoms with Crippen LogP contribution < -0.4 is 4.74 Å². The summed E-state index contributed by atoms with van der Waals surface area (Å²) in [4.78, 5) is 4.79. The van der Waals surface area contributed by atoms with E-state index in [0.717, 1.165) is 50.9 Å². The molecule has 0 bridgehead atoms. The van der Waals surface area contributed by atoms with E-state index in [1.807, 2.05) is 37.3 Å². The lowest BCUT2D eigenvalue weighted by Crippen LogP contribution is -1.99. The number of rotatable bonds is 8. The zero-order valence-electron chi connectivity index (χ0n) is 16.4. The number of thioether (sulfide) groups is 1. The van der Waals surface area contributed by atoms with Crippen molar-refractivity contribution in [1.82, 2.24) is 19.7 Å². The van der Waals surface area contributed by atoms with Crippen LogP contribution in [0.5, 0.6) is 5.75 Å². The van der Waals surface area contributed by atoms with E-state index in [4.69, 9.17) is 9.72 Å². The fraction of sp³-hybridized carbons (Fsp3) is 0.227. The molecular weight excluding hydrogens is 400 g/mol. The van der Waals surface area contributed by atoms with Crippen LogP contribution in [0.15, 0.2) is 65.1 Å². The number of ether oxygens (including phenoxy) is 1. The number of hydrogen-bond donors (Lipinski definition) is 0. The second-order valence-corrected chi connectivity index (χ2v) is 8.11. The predicted molar refractivity (Wildman–Crippen MR) is 119 cm³/mol. The Hall–Kier alpha value is -2.64. The summed E-state index contributed by atoms with van der Waals surface area (Å²) in [5, 5.41) is 12.9. The molecule has 0 saturated heterocycles. The van der Waals surface area contributed by atoms with Crippen molar-refractivity contribution in [3.8, 4) is 27.7 Å². The van der Waals surface area contributed by atoms with Crippen LogP contribution in [-0.4, -0.2) is 26.4 Å². The second-order valence-electron chi connectivity index (χ2n) is 6.31. The minimum atomic E-state index is 0.673. The zero-order valence-corrected chi connectivity index (χ0v) is 18.0. The fourth-order valence-corrected chi connectivity index (χ4v) is 4.81. The molecule has 0 aliphatic heterocycles. The Morgan fingerprint density at radius 2 is 1.76 bits per heavy atom. The molecule has 0 radical (unpaired) electrons. The molecule has 2 aromatic carbocycles. The average molecular weight is 423 g/mol. The smallest absolute Gasteiger partial charge is 0.191 e. The van der Waals surface area contributed by atoms with E-state index in [9.17, 15) is 0 Å². The first-order valence-electron chi connectivity index (χ1n) is 9.57. The standard InChI is InChI=1S/C22H22N4OS2/c1-3-26-20(16-8-6-5-7-9-16)24-25-22(26)29-15-18-14-28-21(23-18)17-10-12-19(13-11-17)27-4-2/h5-14H,3-4,15H2,1-2H3. The molecule has 0 spiro atoms. The van der Waals surface area contributed by atoms with Gasteiger partial charge >= 0.3 is 0 Å². The summed E-state index contributed by atoms with van der Waals surface area (Å²) < 4.78 is 7.66. The lowest BCUT2D eigenvalue weighted by atomic mass is 10.2. The molecule has 4 rings (SSSR count). The monoisotopic (exact) mass is 422 g/mol. The van der Waals surface area contributed by atoms with Gasteiger partial charge in [0.05, 0.1) is 12.3 Å². The minimum Gasteiger partial charge on any atom is -0.494 e. The van der Waals surface area contributed by atoms with Gasteiger partial charge in [0.1, 0.15) is 10.8 Å². The minimum absolute atomic E-state index is 0.673. The molecule has 5 nitrogen and oxygen atoms in total. The van der Waals surface area contributed by atoms with E-state index < -0.39 is 0 Å². The predicted octanol–water partition coefficient (Wildman–Crippen LogP) is 5.78. The van der Waals surface area contributed by atoms with Gasteiger partial charge in [0.15, 0.2) is 11.0 Å². The van der Waals surface area contributed by atoms with Crippen molar-refractivity contribution in [2.75, 3.05) is 6.61 Å². The van der Waals surface area contributed by atoms with E-state index in [0.29, 0.717) is 6.61 Å². The number of hydrogen-bond acceptors (Lipinski definition) is 6. The van der Waals surface area contributed by atoms with Crippen LogP contribution in [0, 0.1) is 0 Å². The topological polar surface area (TPSA) is 52.8 Å². The number of nitrogens with zero attached hydrogens (tertiary/aromatic N) is 4. The second kappa shape index (κ2) is 9.24. The van der Waals surface area contributed by atoms with Gasteiger partial charge in [-0.1, -0.05) is 42.1 Å². The third-order valence-corrected chi connectivity index (χ3v) is 6.32. The van der Waals surface area contributed by atoms with E-state index >= 15 is 0 Å². The summed E-state index contributed by atoms with van der Waals surface area (Å²) in [6.45, 7) is 5.61. The molecule has 0 atom stereocenters. The van der Waals surface area contributed by atoms with Crippen LogP contribution in [0.25, 0.3) is 22.0 Å². The largest absolute Gasteiger partial charge is 0.494 e. The van der Waals surface area contributed by atoms with Gasteiger partial charge in [-0.2, -0.15) is 0 Å². The zero-order chi connectivity index (χ0) is 20.1. The molecule has 0 fully saturated rings. The van der Waals surface area contributed by atoms with Gasteiger partial charge in [0, 0.05) is 28.8 Å². The number of aromatic nitrogens is 4. The molecule has 2 aromatic heterocycles. The van der Waals surface area contributed by atoms with Crippen LogP contribution in [0.4, 0.5) is 0 Å². The highest BCUT2D eigenvalue weighted by Gasteiger charge is 2.14. The van der Waals surface area contributed by atoms with Crippen LogP contribution in [0.1, 0.15) is 19.5 Å². The summed E-state index contributed by atoms with van der Waals surface area (Å²) in [5.41, 5.74) is 3.24. The van der Waals surface area contributed by atoms with Crippen molar-refractivity contribution in [1.29, 1.82) is 0 Å². The summed E-state index contributed by atoms with van der Waals surface area (Å²) >= 11 is 3.33. The molecule has 0 amide bonds. The molecular formula is C22H22N4OS2. The third kappa shape index (κ3) is 4.52. The molecule has 4 aromatic rings. The summed E-state index contributed by atoms with van der Waals surface area (Å²) in [5.74, 6) is 2.56. The lowest BCUT2D eigenvalue weighted by Gasteiger charge is -2.06. The van der Waals surface area contributed by atoms with Gasteiger partial charge < -0.3 is 9.30 Å². The Morgan fingerprint density at radius 3 is 2.48 bits per heavy atom. The first-order chi connectivity index (χ1) is 14.3. The van der Waals surface area contributed by atoms with Crippen molar-refractivity contribution in [2.24, 2.45) is 0 Å². The van der Waals surface area contributed by atoms with E-state index in [-0.39, 0.29) is 0 Å². The highest BCUT2D eigenvalue weighted by molar-refractivity contribution is 7.98. The van der Waals surface area contributed by atoms with Gasteiger partial charge in [-0.15, -0.1) is 21.5 Å². The van der Waals surface area contributed by atoms with Crippen molar-refractivity contribution >= 4 is 23.1 Å². The Labute approximate surface area is 178 Å².